The van der Waals surface area contributed by atoms with E-state index in [4.69, 9.17) is 4.74 Å². The number of nitrogens with one attached hydrogen (secondary N) is 2. The van der Waals surface area contributed by atoms with Crippen molar-refractivity contribution in [3.8, 4) is 22.6 Å². The summed E-state index contributed by atoms with van der Waals surface area (Å²) < 4.78 is 5.22. The third-order valence-electron chi connectivity index (χ3n) is 6.17. The molecule has 4 aromatic rings. The van der Waals surface area contributed by atoms with Crippen molar-refractivity contribution in [1.82, 2.24) is 24.9 Å². The van der Waals surface area contributed by atoms with E-state index in [1.54, 1.807) is 31.6 Å². The van der Waals surface area contributed by atoms with E-state index in [1.165, 1.54) is 18.5 Å². The van der Waals surface area contributed by atoms with Crippen LogP contribution in [0.5, 0.6) is 0 Å². The van der Waals surface area contributed by atoms with Crippen molar-refractivity contribution in [3.63, 3.8) is 0 Å². The summed E-state index contributed by atoms with van der Waals surface area (Å²) in [5.41, 5.74) is 2.04. The van der Waals surface area contributed by atoms with Crippen LogP contribution in [0.2, 0.25) is 0 Å². The van der Waals surface area contributed by atoms with Crippen molar-refractivity contribution < 1.29 is 14.5 Å². The Labute approximate surface area is 223 Å². The number of aromatic nitrogens is 5. The second-order valence-corrected chi connectivity index (χ2v) is 8.59. The molecule has 0 fully saturated rings. The van der Waals surface area contributed by atoms with Crippen LogP contribution in [0.4, 0.5) is 11.6 Å². The zero-order valence-electron chi connectivity index (χ0n) is 20.9. The standard InChI is InChI=1S/C27H24N8O4/c1-2-39-25(36)21-17-32-26(34-23(21)18-4-6-19(7-5-18)24-28-14-15-29-24)30-13-11-27(10-3-12-33-27)22-9-8-20(16-31-22)35(37)38/h3-10,12,14-17H,2,11,13H2,1H3,(H,28,29)(H,30,32,34). The van der Waals surface area contributed by atoms with E-state index in [2.05, 4.69) is 35.2 Å². The molecule has 0 radical (unpaired) electrons. The first-order valence-electron chi connectivity index (χ1n) is 12.2. The number of hydrogen-bond donors (Lipinski definition) is 2. The molecule has 1 aliphatic rings. The number of hydrogen-bond acceptors (Lipinski definition) is 10. The Hall–Kier alpha value is -5.26. The minimum atomic E-state index is -0.766. The average Bonchev–Trinajstić information content (AvgIpc) is 3.67. The molecule has 39 heavy (non-hydrogen) atoms. The SMILES string of the molecule is CCOC(=O)c1cnc(NCCC2(c3ccc([N+](=O)[O-])cn3)C=CC=N2)nc1-c1ccc(-c2ncc[nH]2)cc1. The van der Waals surface area contributed by atoms with Gasteiger partial charge in [0.2, 0.25) is 5.95 Å². The van der Waals surface area contributed by atoms with Crippen LogP contribution < -0.4 is 5.32 Å². The van der Waals surface area contributed by atoms with Gasteiger partial charge in [-0.15, -0.1) is 0 Å². The summed E-state index contributed by atoms with van der Waals surface area (Å²) in [5, 5.41) is 14.2. The number of H-pyrrole nitrogens is 1. The molecule has 12 heteroatoms. The number of allylic oxidation sites excluding steroid dienone is 1. The van der Waals surface area contributed by atoms with E-state index in [1.807, 2.05) is 36.4 Å². The highest BCUT2D eigenvalue weighted by Gasteiger charge is 2.32. The van der Waals surface area contributed by atoms with Crippen molar-refractivity contribution in [2.45, 2.75) is 18.9 Å². The van der Waals surface area contributed by atoms with Crippen LogP contribution in [-0.2, 0) is 10.3 Å². The first-order chi connectivity index (χ1) is 19.0. The molecule has 12 nitrogen and oxygen atoms in total. The third-order valence-corrected chi connectivity index (χ3v) is 6.17. The minimum Gasteiger partial charge on any atom is -0.462 e. The van der Waals surface area contributed by atoms with Gasteiger partial charge in [-0.25, -0.2) is 19.7 Å². The predicted molar refractivity (Wildman–Crippen MR) is 144 cm³/mol. The molecule has 0 amide bonds. The highest BCUT2D eigenvalue weighted by molar-refractivity contribution is 5.96. The van der Waals surface area contributed by atoms with Gasteiger partial charge in [0.05, 0.1) is 22.9 Å². The van der Waals surface area contributed by atoms with Crippen molar-refractivity contribution >= 4 is 23.8 Å². The Balaban J connectivity index is 1.37. The number of esters is 1. The molecule has 2 N–H and O–H groups in total. The monoisotopic (exact) mass is 524 g/mol. The number of pyridine rings is 1. The van der Waals surface area contributed by atoms with E-state index in [9.17, 15) is 14.9 Å². The van der Waals surface area contributed by atoms with E-state index >= 15 is 0 Å². The van der Waals surface area contributed by atoms with Gasteiger partial charge in [0, 0.05) is 48.5 Å². The molecule has 4 heterocycles. The first kappa shape index (κ1) is 25.4. The number of benzene rings is 1. The number of ether oxygens (including phenoxy) is 1. The zero-order valence-corrected chi connectivity index (χ0v) is 20.9. The van der Waals surface area contributed by atoms with Crippen LogP contribution in [0.3, 0.4) is 0 Å². The lowest BCUT2D eigenvalue weighted by Gasteiger charge is -2.23. The number of nitrogens with zero attached hydrogens (tertiary/aromatic N) is 6. The summed E-state index contributed by atoms with van der Waals surface area (Å²) in [6.07, 6.45) is 12.0. The largest absolute Gasteiger partial charge is 0.462 e. The molecular formula is C27H24N8O4. The smallest absolute Gasteiger partial charge is 0.341 e. The van der Waals surface area contributed by atoms with Crippen LogP contribution in [0, 0.1) is 10.1 Å². The van der Waals surface area contributed by atoms with Gasteiger partial charge in [-0.3, -0.25) is 20.1 Å². The van der Waals surface area contributed by atoms with Crippen LogP contribution in [-0.4, -0.2) is 55.2 Å². The Morgan fingerprint density at radius 2 is 1.92 bits per heavy atom. The fourth-order valence-corrected chi connectivity index (χ4v) is 4.22. The van der Waals surface area contributed by atoms with Gasteiger partial charge in [0.1, 0.15) is 23.1 Å². The number of aromatic amines is 1. The number of nitro groups is 1. The van der Waals surface area contributed by atoms with Crippen LogP contribution in [0.1, 0.15) is 29.4 Å². The van der Waals surface area contributed by atoms with Crippen LogP contribution in [0.25, 0.3) is 22.6 Å². The Morgan fingerprint density at radius 3 is 2.56 bits per heavy atom. The number of imidazole rings is 1. The second-order valence-electron chi connectivity index (χ2n) is 8.59. The van der Waals surface area contributed by atoms with Gasteiger partial charge in [0.25, 0.3) is 5.69 Å². The maximum atomic E-state index is 12.6. The van der Waals surface area contributed by atoms with Crippen molar-refractivity contribution in [2.75, 3.05) is 18.5 Å². The zero-order chi connectivity index (χ0) is 27.2. The lowest BCUT2D eigenvalue weighted by atomic mass is 9.92. The number of carbonyl (C=O) groups is 1. The van der Waals surface area contributed by atoms with Crippen LogP contribution in [0.15, 0.2) is 78.3 Å². The number of rotatable bonds is 10. The van der Waals surface area contributed by atoms with E-state index < -0.39 is 16.4 Å². The summed E-state index contributed by atoms with van der Waals surface area (Å²) in [6, 6.07) is 10.5. The quantitative estimate of drug-likeness (QED) is 0.174. The molecule has 1 aromatic carbocycles. The molecule has 3 aromatic heterocycles. The number of anilines is 1. The lowest BCUT2D eigenvalue weighted by molar-refractivity contribution is -0.385. The molecule has 1 aliphatic heterocycles. The highest BCUT2D eigenvalue weighted by Crippen LogP contribution is 2.33. The first-order valence-corrected chi connectivity index (χ1v) is 12.2. The molecule has 0 spiro atoms. The lowest BCUT2D eigenvalue weighted by Crippen LogP contribution is -2.25. The molecule has 5 rings (SSSR count). The fraction of sp³-hybridized carbons (Fsp3) is 0.185. The molecule has 1 atom stereocenters. The van der Waals surface area contributed by atoms with Crippen molar-refractivity contribution in [2.24, 2.45) is 4.99 Å². The molecule has 0 bridgehead atoms. The normalized spacial score (nSPS) is 15.8. The highest BCUT2D eigenvalue weighted by atomic mass is 16.6. The van der Waals surface area contributed by atoms with Gasteiger partial charge in [-0.1, -0.05) is 24.3 Å². The summed E-state index contributed by atoms with van der Waals surface area (Å²) in [6.45, 7) is 2.38. The fourth-order valence-electron chi connectivity index (χ4n) is 4.22. The number of carbonyl (C=O) groups excluding carboxylic acids is 1. The van der Waals surface area contributed by atoms with Crippen molar-refractivity contribution in [3.05, 3.63) is 94.7 Å². The van der Waals surface area contributed by atoms with E-state index in [-0.39, 0.29) is 17.9 Å². The molecular weight excluding hydrogens is 500 g/mol. The van der Waals surface area contributed by atoms with Gasteiger partial charge in [0.15, 0.2) is 0 Å². The average molecular weight is 525 g/mol. The van der Waals surface area contributed by atoms with Crippen molar-refractivity contribution in [1.29, 1.82) is 0 Å². The second kappa shape index (κ2) is 11.0. The minimum absolute atomic E-state index is 0.0854. The predicted octanol–water partition coefficient (Wildman–Crippen LogP) is 4.35. The maximum absolute atomic E-state index is 12.6. The van der Waals surface area contributed by atoms with Gasteiger partial charge in [-0.2, -0.15) is 0 Å². The summed E-state index contributed by atoms with van der Waals surface area (Å²) in [4.78, 5) is 48.3. The molecule has 196 valence electrons. The molecule has 0 aliphatic carbocycles. The third kappa shape index (κ3) is 5.39. The molecule has 1 unspecified atom stereocenters. The number of aliphatic imine (C=N–C) groups is 1. The van der Waals surface area contributed by atoms with Gasteiger partial charge in [-0.05, 0) is 31.6 Å². The molecule has 0 saturated heterocycles. The Kier molecular flexibility index (Phi) is 7.17. The van der Waals surface area contributed by atoms with E-state index in [0.717, 1.165) is 11.4 Å². The summed E-state index contributed by atoms with van der Waals surface area (Å²) in [7, 11) is 0. The Morgan fingerprint density at radius 1 is 1.10 bits per heavy atom. The van der Waals surface area contributed by atoms with E-state index in [0.29, 0.717) is 35.9 Å². The van der Waals surface area contributed by atoms with Gasteiger partial charge < -0.3 is 15.0 Å². The summed E-state index contributed by atoms with van der Waals surface area (Å²) in [5.74, 6) is 0.547. The topological polar surface area (TPSA) is 161 Å². The molecule has 0 saturated carbocycles. The van der Waals surface area contributed by atoms with Crippen LogP contribution >= 0.6 is 0 Å². The maximum Gasteiger partial charge on any atom is 0.341 e. The van der Waals surface area contributed by atoms with Gasteiger partial charge >= 0.3 is 5.97 Å². The summed E-state index contributed by atoms with van der Waals surface area (Å²) >= 11 is 0. The Bertz CT molecular complexity index is 1520.